The Morgan fingerprint density at radius 1 is 1.29 bits per heavy atom. The summed E-state index contributed by atoms with van der Waals surface area (Å²) < 4.78 is 5.12. The zero-order valence-electron chi connectivity index (χ0n) is 10.7. The van der Waals surface area contributed by atoms with Gasteiger partial charge in [0.1, 0.15) is 5.82 Å². The summed E-state index contributed by atoms with van der Waals surface area (Å²) in [5.41, 5.74) is 5.68. The van der Waals surface area contributed by atoms with Crippen LogP contribution in [-0.2, 0) is 0 Å². The van der Waals surface area contributed by atoms with Gasteiger partial charge < -0.3 is 15.4 Å². The molecule has 0 bridgehead atoms. The van der Waals surface area contributed by atoms with Crippen LogP contribution in [0.25, 0.3) is 0 Å². The second-order valence-electron chi connectivity index (χ2n) is 4.98. The minimum absolute atomic E-state index is 0.269. The van der Waals surface area contributed by atoms with E-state index < -0.39 is 0 Å². The molecule has 0 spiro atoms. The van der Waals surface area contributed by atoms with Gasteiger partial charge in [-0.05, 0) is 18.3 Å². The van der Waals surface area contributed by atoms with Gasteiger partial charge in [-0.3, -0.25) is 0 Å². The highest BCUT2D eigenvalue weighted by molar-refractivity contribution is 5.46. The molecule has 0 aliphatic carbocycles. The summed E-state index contributed by atoms with van der Waals surface area (Å²) in [6.45, 7) is 6.57. The molecule has 2 rings (SSSR count). The van der Waals surface area contributed by atoms with E-state index in [4.69, 9.17) is 10.5 Å². The van der Waals surface area contributed by atoms with E-state index in [2.05, 4.69) is 28.7 Å². The Hall–Kier alpha value is -1.52. The van der Waals surface area contributed by atoms with E-state index in [1.165, 1.54) is 6.42 Å². The maximum atomic E-state index is 5.68. The molecule has 1 aromatic heterocycles. The first kappa shape index (κ1) is 12.0. The Morgan fingerprint density at radius 3 is 2.53 bits per heavy atom. The van der Waals surface area contributed by atoms with E-state index in [-0.39, 0.29) is 5.95 Å². The number of methoxy groups -OCH3 is 1. The van der Waals surface area contributed by atoms with Crippen molar-refractivity contribution < 1.29 is 4.74 Å². The van der Waals surface area contributed by atoms with E-state index in [1.54, 1.807) is 7.11 Å². The lowest BCUT2D eigenvalue weighted by Crippen LogP contribution is -2.39. The van der Waals surface area contributed by atoms with Crippen molar-refractivity contribution in [3.63, 3.8) is 0 Å². The normalized spacial score (nSPS) is 24.8. The van der Waals surface area contributed by atoms with E-state index in [0.717, 1.165) is 18.9 Å². The van der Waals surface area contributed by atoms with E-state index >= 15 is 0 Å². The standard InChI is InChI=1S/C12H20N4O/c1-8-4-9(2)7-16(6-8)10-5-11(17-3)15-12(13)14-10/h5,8-9H,4,6-7H2,1-3H3,(H2,13,14,15). The summed E-state index contributed by atoms with van der Waals surface area (Å²) in [5, 5.41) is 0. The number of hydrogen-bond donors (Lipinski definition) is 1. The maximum absolute atomic E-state index is 5.68. The van der Waals surface area contributed by atoms with Crippen LogP contribution in [0.3, 0.4) is 0 Å². The predicted octanol–water partition coefficient (Wildman–Crippen LogP) is 1.55. The highest BCUT2D eigenvalue weighted by Crippen LogP contribution is 2.26. The Kier molecular flexibility index (Phi) is 3.36. The monoisotopic (exact) mass is 236 g/mol. The summed E-state index contributed by atoms with van der Waals surface area (Å²) in [4.78, 5) is 10.6. The van der Waals surface area contributed by atoms with Gasteiger partial charge in [-0.2, -0.15) is 9.97 Å². The zero-order chi connectivity index (χ0) is 12.4. The molecule has 5 heteroatoms. The minimum atomic E-state index is 0.269. The van der Waals surface area contributed by atoms with E-state index in [0.29, 0.717) is 17.7 Å². The molecule has 2 unspecified atom stereocenters. The third-order valence-corrected chi connectivity index (χ3v) is 3.11. The second kappa shape index (κ2) is 4.77. The van der Waals surface area contributed by atoms with Crippen LogP contribution in [0.15, 0.2) is 6.07 Å². The summed E-state index contributed by atoms with van der Waals surface area (Å²) in [7, 11) is 1.59. The number of rotatable bonds is 2. The van der Waals surface area contributed by atoms with Crippen LogP contribution in [0.5, 0.6) is 5.88 Å². The van der Waals surface area contributed by atoms with Crippen LogP contribution in [0.1, 0.15) is 20.3 Å². The van der Waals surface area contributed by atoms with Crippen molar-refractivity contribution in [1.82, 2.24) is 9.97 Å². The molecule has 1 fully saturated rings. The number of nitrogen functional groups attached to an aromatic ring is 1. The first-order chi connectivity index (χ1) is 8.08. The molecule has 94 valence electrons. The van der Waals surface area contributed by atoms with Crippen molar-refractivity contribution in [2.45, 2.75) is 20.3 Å². The number of hydrogen-bond acceptors (Lipinski definition) is 5. The molecule has 1 aliphatic rings. The Morgan fingerprint density at radius 2 is 1.94 bits per heavy atom. The van der Waals surface area contributed by atoms with Crippen LogP contribution in [0.2, 0.25) is 0 Å². The summed E-state index contributed by atoms with van der Waals surface area (Å²) >= 11 is 0. The van der Waals surface area contributed by atoms with Crippen molar-refractivity contribution in [3.8, 4) is 5.88 Å². The Labute approximate surface area is 102 Å². The first-order valence-electron chi connectivity index (χ1n) is 6.02. The largest absolute Gasteiger partial charge is 0.481 e. The molecular weight excluding hydrogens is 216 g/mol. The van der Waals surface area contributed by atoms with Gasteiger partial charge in [-0.25, -0.2) is 0 Å². The molecular formula is C12H20N4O. The number of nitrogens with zero attached hydrogens (tertiary/aromatic N) is 3. The predicted molar refractivity (Wildman–Crippen MR) is 68.2 cm³/mol. The summed E-state index contributed by atoms with van der Waals surface area (Å²) in [5.74, 6) is 3.03. The quantitative estimate of drug-likeness (QED) is 0.844. The van der Waals surface area contributed by atoms with Crippen LogP contribution in [-0.4, -0.2) is 30.2 Å². The molecule has 0 saturated carbocycles. The summed E-state index contributed by atoms with van der Waals surface area (Å²) in [6, 6.07) is 1.85. The summed E-state index contributed by atoms with van der Waals surface area (Å²) in [6.07, 6.45) is 1.27. The van der Waals surface area contributed by atoms with Crippen LogP contribution in [0.4, 0.5) is 11.8 Å². The lowest BCUT2D eigenvalue weighted by molar-refractivity contribution is 0.354. The number of aromatic nitrogens is 2. The van der Waals surface area contributed by atoms with Crippen molar-refractivity contribution in [2.24, 2.45) is 11.8 Å². The Balaban J connectivity index is 2.23. The lowest BCUT2D eigenvalue weighted by Gasteiger charge is -2.35. The van der Waals surface area contributed by atoms with Crippen molar-refractivity contribution in [3.05, 3.63) is 6.07 Å². The number of ether oxygens (including phenoxy) is 1. The van der Waals surface area contributed by atoms with Crippen LogP contribution >= 0.6 is 0 Å². The Bertz CT molecular complexity index is 386. The second-order valence-corrected chi connectivity index (χ2v) is 4.98. The molecule has 2 heterocycles. The molecule has 0 aromatic carbocycles. The lowest BCUT2D eigenvalue weighted by atomic mass is 9.92. The maximum Gasteiger partial charge on any atom is 0.225 e. The molecule has 1 saturated heterocycles. The molecule has 5 nitrogen and oxygen atoms in total. The van der Waals surface area contributed by atoms with Crippen LogP contribution < -0.4 is 15.4 Å². The minimum Gasteiger partial charge on any atom is -0.481 e. The van der Waals surface area contributed by atoms with Gasteiger partial charge >= 0.3 is 0 Å². The number of nitrogens with two attached hydrogens (primary N) is 1. The highest BCUT2D eigenvalue weighted by Gasteiger charge is 2.23. The number of piperidine rings is 1. The third-order valence-electron chi connectivity index (χ3n) is 3.11. The molecule has 1 aliphatic heterocycles. The SMILES string of the molecule is COc1cc(N2CC(C)CC(C)C2)nc(N)n1. The van der Waals surface area contributed by atoms with E-state index in [1.807, 2.05) is 6.07 Å². The van der Waals surface area contributed by atoms with Crippen LogP contribution in [0, 0.1) is 11.8 Å². The fourth-order valence-electron chi connectivity index (χ4n) is 2.55. The molecule has 1 aromatic rings. The van der Waals surface area contributed by atoms with Crippen molar-refractivity contribution >= 4 is 11.8 Å². The topological polar surface area (TPSA) is 64.3 Å². The number of anilines is 2. The fourth-order valence-corrected chi connectivity index (χ4v) is 2.55. The average molecular weight is 236 g/mol. The molecule has 0 radical (unpaired) electrons. The average Bonchev–Trinajstić information content (AvgIpc) is 2.26. The van der Waals surface area contributed by atoms with Crippen molar-refractivity contribution in [1.29, 1.82) is 0 Å². The highest BCUT2D eigenvalue weighted by atomic mass is 16.5. The van der Waals surface area contributed by atoms with E-state index in [9.17, 15) is 0 Å². The smallest absolute Gasteiger partial charge is 0.225 e. The first-order valence-corrected chi connectivity index (χ1v) is 6.02. The van der Waals surface area contributed by atoms with Crippen molar-refractivity contribution in [2.75, 3.05) is 30.8 Å². The molecule has 2 atom stereocenters. The molecule has 2 N–H and O–H groups in total. The fraction of sp³-hybridized carbons (Fsp3) is 0.667. The third kappa shape index (κ3) is 2.78. The molecule has 17 heavy (non-hydrogen) atoms. The van der Waals surface area contributed by atoms with Gasteiger partial charge in [-0.15, -0.1) is 0 Å². The molecule has 0 amide bonds. The van der Waals surface area contributed by atoms with Gasteiger partial charge in [0.2, 0.25) is 11.8 Å². The zero-order valence-corrected chi connectivity index (χ0v) is 10.7. The van der Waals surface area contributed by atoms with Gasteiger partial charge in [-0.1, -0.05) is 13.8 Å². The van der Waals surface area contributed by atoms with Gasteiger partial charge in [0, 0.05) is 19.2 Å². The van der Waals surface area contributed by atoms with Gasteiger partial charge in [0.15, 0.2) is 0 Å². The van der Waals surface area contributed by atoms with Gasteiger partial charge in [0.05, 0.1) is 7.11 Å². The van der Waals surface area contributed by atoms with Gasteiger partial charge in [0.25, 0.3) is 0 Å².